The van der Waals surface area contributed by atoms with Crippen molar-refractivity contribution >= 4 is 17.9 Å². The van der Waals surface area contributed by atoms with E-state index in [4.69, 9.17) is 9.15 Å². The summed E-state index contributed by atoms with van der Waals surface area (Å²) in [5, 5.41) is 0. The molecule has 1 aromatic carbocycles. The summed E-state index contributed by atoms with van der Waals surface area (Å²) in [6.07, 6.45) is 0.637. The zero-order chi connectivity index (χ0) is 13.2. The lowest BCUT2D eigenvalue weighted by molar-refractivity contribution is -0.121. The maximum absolute atomic E-state index is 11.9. The minimum absolute atomic E-state index is 0.0122. The number of benzene rings is 1. The Morgan fingerprint density at radius 2 is 2.05 bits per heavy atom. The highest BCUT2D eigenvalue weighted by Gasteiger charge is 2.25. The van der Waals surface area contributed by atoms with Crippen molar-refractivity contribution in [1.82, 2.24) is 0 Å². The van der Waals surface area contributed by atoms with Gasteiger partial charge in [0.25, 0.3) is 5.91 Å². The molecule has 0 saturated carbocycles. The van der Waals surface area contributed by atoms with E-state index in [0.717, 1.165) is 0 Å². The van der Waals surface area contributed by atoms with Gasteiger partial charge < -0.3 is 9.15 Å². The van der Waals surface area contributed by atoms with Crippen molar-refractivity contribution in [2.24, 2.45) is 0 Å². The van der Waals surface area contributed by atoms with Gasteiger partial charge in [0.2, 0.25) is 0 Å². The number of fused-ring (bicyclic) bond motifs is 1. The van der Waals surface area contributed by atoms with E-state index < -0.39 is 0 Å². The molecule has 5 nitrogen and oxygen atoms in total. The molecule has 5 heteroatoms. The molecule has 0 unspecified atom stereocenters. The van der Waals surface area contributed by atoms with E-state index >= 15 is 0 Å². The molecule has 0 N–H and O–H groups in total. The van der Waals surface area contributed by atoms with Gasteiger partial charge in [-0.2, -0.15) is 0 Å². The maximum Gasteiger partial charge on any atom is 0.265 e. The first kappa shape index (κ1) is 11.5. The summed E-state index contributed by atoms with van der Waals surface area (Å²) in [5.74, 6) is 1.35. The molecule has 1 aliphatic rings. The second-order valence-corrected chi connectivity index (χ2v) is 4.16. The number of para-hydroxylation sites is 2. The molecule has 0 atom stereocenters. The number of nitrogens with zero attached hydrogens (tertiary/aromatic N) is 1. The van der Waals surface area contributed by atoms with Gasteiger partial charge in [-0.05, 0) is 24.3 Å². The first-order valence-electron chi connectivity index (χ1n) is 5.84. The van der Waals surface area contributed by atoms with Gasteiger partial charge >= 0.3 is 0 Å². The minimum atomic E-state index is -0.136. The van der Waals surface area contributed by atoms with Gasteiger partial charge in [0.1, 0.15) is 11.5 Å². The predicted molar refractivity (Wildman–Crippen MR) is 67.2 cm³/mol. The Morgan fingerprint density at radius 3 is 2.84 bits per heavy atom. The van der Waals surface area contributed by atoms with Crippen LogP contribution in [0.1, 0.15) is 16.3 Å². The van der Waals surface area contributed by atoms with Crippen LogP contribution in [0.4, 0.5) is 5.69 Å². The molecule has 1 amide bonds. The Morgan fingerprint density at radius 1 is 1.21 bits per heavy atom. The van der Waals surface area contributed by atoms with Crippen LogP contribution in [0.2, 0.25) is 0 Å². The molecule has 1 aliphatic heterocycles. The molecule has 3 rings (SSSR count). The maximum atomic E-state index is 11.9. The second kappa shape index (κ2) is 4.61. The number of carbonyl (C=O) groups excluding carboxylic acids is 2. The third-order valence-corrected chi connectivity index (χ3v) is 2.92. The first-order chi connectivity index (χ1) is 9.28. The van der Waals surface area contributed by atoms with Crippen LogP contribution in [0.25, 0.3) is 0 Å². The van der Waals surface area contributed by atoms with E-state index in [1.54, 1.807) is 17.0 Å². The zero-order valence-corrected chi connectivity index (χ0v) is 10.0. The molecule has 0 spiro atoms. The fourth-order valence-electron chi connectivity index (χ4n) is 2.03. The summed E-state index contributed by atoms with van der Waals surface area (Å²) < 4.78 is 10.6. The molecule has 96 valence electrons. The molecule has 2 aromatic rings. The van der Waals surface area contributed by atoms with Crippen molar-refractivity contribution in [1.29, 1.82) is 0 Å². The fourth-order valence-corrected chi connectivity index (χ4v) is 2.03. The lowest BCUT2D eigenvalue weighted by Crippen LogP contribution is -2.38. The molecule has 0 aliphatic carbocycles. The van der Waals surface area contributed by atoms with E-state index in [1.165, 1.54) is 0 Å². The Bertz CT molecular complexity index is 632. The van der Waals surface area contributed by atoms with E-state index in [2.05, 4.69) is 0 Å². The van der Waals surface area contributed by atoms with Gasteiger partial charge in [-0.25, -0.2) is 0 Å². The van der Waals surface area contributed by atoms with Gasteiger partial charge in [-0.15, -0.1) is 0 Å². The summed E-state index contributed by atoms with van der Waals surface area (Å²) in [5.41, 5.74) is 0.711. The number of hydrogen-bond donors (Lipinski definition) is 0. The highest BCUT2D eigenvalue weighted by atomic mass is 16.5. The topological polar surface area (TPSA) is 59.8 Å². The Balaban J connectivity index is 1.91. The zero-order valence-electron chi connectivity index (χ0n) is 10.0. The molecule has 2 heterocycles. The van der Waals surface area contributed by atoms with Crippen LogP contribution >= 0.6 is 0 Å². The van der Waals surface area contributed by atoms with Crippen LogP contribution in [-0.2, 0) is 11.3 Å². The number of rotatable bonds is 3. The highest BCUT2D eigenvalue weighted by Crippen LogP contribution is 2.32. The number of ether oxygens (including phenoxy) is 1. The number of aldehydes is 1. The smallest absolute Gasteiger partial charge is 0.265 e. The van der Waals surface area contributed by atoms with Crippen molar-refractivity contribution in [2.45, 2.75) is 6.54 Å². The van der Waals surface area contributed by atoms with E-state index in [9.17, 15) is 9.59 Å². The number of carbonyl (C=O) groups is 2. The molecule has 0 fully saturated rings. The monoisotopic (exact) mass is 257 g/mol. The molecule has 1 aromatic heterocycles. The normalized spacial score (nSPS) is 13.9. The van der Waals surface area contributed by atoms with Crippen LogP contribution in [0, 0.1) is 0 Å². The van der Waals surface area contributed by atoms with Gasteiger partial charge in [0.15, 0.2) is 18.7 Å². The number of amides is 1. The lowest BCUT2D eigenvalue weighted by Gasteiger charge is -2.28. The van der Waals surface area contributed by atoms with Crippen molar-refractivity contribution in [3.05, 3.63) is 47.9 Å². The SMILES string of the molecule is O=Cc1ccc(CN2C(=O)COc3ccccc32)o1. The van der Waals surface area contributed by atoms with Crippen molar-refractivity contribution in [3.63, 3.8) is 0 Å². The van der Waals surface area contributed by atoms with Gasteiger partial charge in [-0.3, -0.25) is 14.5 Å². The van der Waals surface area contributed by atoms with E-state index in [-0.39, 0.29) is 24.8 Å². The predicted octanol–water partition coefficient (Wildman–Crippen LogP) is 2.02. The summed E-state index contributed by atoms with van der Waals surface area (Å²) in [6.45, 7) is 0.297. The largest absolute Gasteiger partial charge is 0.482 e. The number of anilines is 1. The third-order valence-electron chi connectivity index (χ3n) is 2.92. The fraction of sp³-hybridized carbons (Fsp3) is 0.143. The quantitative estimate of drug-likeness (QED) is 0.789. The number of hydrogen-bond acceptors (Lipinski definition) is 4. The van der Waals surface area contributed by atoms with Crippen molar-refractivity contribution in [3.8, 4) is 5.75 Å². The van der Waals surface area contributed by atoms with Crippen molar-refractivity contribution < 1.29 is 18.7 Å². The third kappa shape index (κ3) is 2.10. The molecule has 0 saturated heterocycles. The summed E-state index contributed by atoms with van der Waals surface area (Å²) in [7, 11) is 0. The first-order valence-corrected chi connectivity index (χ1v) is 5.84. The second-order valence-electron chi connectivity index (χ2n) is 4.16. The van der Waals surface area contributed by atoms with Gasteiger partial charge in [0.05, 0.1) is 12.2 Å². The van der Waals surface area contributed by atoms with Gasteiger partial charge in [0, 0.05) is 0 Å². The van der Waals surface area contributed by atoms with E-state index in [0.29, 0.717) is 23.5 Å². The Labute approximate surface area is 109 Å². The average Bonchev–Trinajstić information content (AvgIpc) is 2.90. The van der Waals surface area contributed by atoms with E-state index in [1.807, 2.05) is 24.3 Å². The Kier molecular flexibility index (Phi) is 2.79. The molecular formula is C14H11NO4. The average molecular weight is 257 g/mol. The minimum Gasteiger partial charge on any atom is -0.482 e. The molecule has 0 bridgehead atoms. The van der Waals surface area contributed by atoms with Crippen molar-refractivity contribution in [2.75, 3.05) is 11.5 Å². The number of furan rings is 1. The lowest BCUT2D eigenvalue weighted by atomic mass is 10.2. The van der Waals surface area contributed by atoms with Crippen LogP contribution in [-0.4, -0.2) is 18.8 Å². The molecular weight excluding hydrogens is 246 g/mol. The van der Waals surface area contributed by atoms with Crippen LogP contribution < -0.4 is 9.64 Å². The van der Waals surface area contributed by atoms with Crippen LogP contribution in [0.3, 0.4) is 0 Å². The molecule has 19 heavy (non-hydrogen) atoms. The highest BCUT2D eigenvalue weighted by molar-refractivity contribution is 5.97. The summed E-state index contributed by atoms with van der Waals surface area (Å²) in [6, 6.07) is 10.6. The van der Waals surface area contributed by atoms with Gasteiger partial charge in [-0.1, -0.05) is 12.1 Å². The van der Waals surface area contributed by atoms with Crippen LogP contribution in [0.5, 0.6) is 5.75 Å². The summed E-state index contributed by atoms with van der Waals surface area (Å²) >= 11 is 0. The Hall–Kier alpha value is -2.56. The van der Waals surface area contributed by atoms with Crippen LogP contribution in [0.15, 0.2) is 40.8 Å². The summed E-state index contributed by atoms with van der Waals surface area (Å²) in [4.78, 5) is 24.1. The molecule has 0 radical (unpaired) electrons. The standard InChI is InChI=1S/C14H11NO4/c16-8-11-6-5-10(19-11)7-15-12-3-1-2-4-13(12)18-9-14(15)17/h1-6,8H,7,9H2.